The summed E-state index contributed by atoms with van der Waals surface area (Å²) >= 11 is 1.39. The number of halogens is 5. The lowest BCUT2D eigenvalue weighted by Crippen LogP contribution is -2.46. The Morgan fingerprint density at radius 2 is 1.41 bits per heavy atom. The lowest BCUT2D eigenvalue weighted by molar-refractivity contribution is 0.0905. The molecule has 6 rings (SSSR count). The SMILES string of the molecule is CC(C)(C)c1cc(-c2ncc(C3CCN(C(=O)OCC4c5ccccc5-c5ccccc54)CC3)s2)cc(S(CF)(CF)(CF)(CF)CF)c1. The molecule has 2 heterocycles. The molecule has 0 unspecified atom stereocenters. The number of nitrogens with zero attached hydrogens (tertiary/aromatic N) is 2. The molecule has 0 spiro atoms. The van der Waals surface area contributed by atoms with Gasteiger partial charge in [-0.1, -0.05) is 69.3 Å². The number of likely N-dealkylation sites (tertiary alicyclic amines) is 1. The van der Waals surface area contributed by atoms with Crippen molar-refractivity contribution in [2.45, 2.75) is 55.8 Å². The highest BCUT2D eigenvalue weighted by Crippen LogP contribution is 2.94. The van der Waals surface area contributed by atoms with E-state index in [-0.39, 0.29) is 29.4 Å². The number of benzene rings is 3. The van der Waals surface area contributed by atoms with Crippen molar-refractivity contribution in [2.75, 3.05) is 49.7 Å². The number of amides is 1. The fraction of sp³-hybridized carbons (Fsp3) is 0.421. The third-order valence-corrected chi connectivity index (χ3v) is 17.4. The summed E-state index contributed by atoms with van der Waals surface area (Å²) in [6.45, 7) is 6.88. The quantitative estimate of drug-likeness (QED) is 0.153. The van der Waals surface area contributed by atoms with E-state index in [2.05, 4.69) is 29.2 Å². The molecule has 4 aromatic rings. The fourth-order valence-corrected chi connectivity index (χ4v) is 10.2. The summed E-state index contributed by atoms with van der Waals surface area (Å²) in [5.74, 6) is 0.0895. The molecule has 0 radical (unpaired) electrons. The number of aromatic nitrogens is 1. The number of thiazole rings is 1. The van der Waals surface area contributed by atoms with Crippen LogP contribution in [0.4, 0.5) is 26.7 Å². The highest BCUT2D eigenvalue weighted by atomic mass is 32.4. The van der Waals surface area contributed by atoms with Gasteiger partial charge in [0, 0.05) is 35.6 Å². The topological polar surface area (TPSA) is 42.4 Å². The molecular weight excluding hydrogens is 676 g/mol. The average Bonchev–Trinajstić information content (AvgIpc) is 3.76. The van der Waals surface area contributed by atoms with Gasteiger partial charge in [0.05, 0.1) is 0 Å². The van der Waals surface area contributed by atoms with Crippen molar-refractivity contribution in [3.05, 3.63) is 94.5 Å². The zero-order valence-corrected chi connectivity index (χ0v) is 29.7. The number of carbonyl (C=O) groups excluding carboxylic acids is 1. The van der Waals surface area contributed by atoms with Gasteiger partial charge in [0.15, 0.2) is 0 Å². The first-order valence-electron chi connectivity index (χ1n) is 16.4. The molecule has 49 heavy (non-hydrogen) atoms. The van der Waals surface area contributed by atoms with Gasteiger partial charge in [0.1, 0.15) is 41.6 Å². The van der Waals surface area contributed by atoms with E-state index in [9.17, 15) is 26.7 Å². The first-order valence-corrected chi connectivity index (χ1v) is 20.6. The van der Waals surface area contributed by atoms with E-state index in [1.807, 2.05) is 45.0 Å². The molecule has 0 bridgehead atoms. The number of rotatable bonds is 10. The van der Waals surface area contributed by atoms with Crippen molar-refractivity contribution in [2.24, 2.45) is 0 Å². The molecule has 11 heteroatoms. The van der Waals surface area contributed by atoms with Gasteiger partial charge in [0.25, 0.3) is 0 Å². The molecule has 0 saturated carbocycles. The van der Waals surface area contributed by atoms with Crippen LogP contribution in [0.3, 0.4) is 0 Å². The Bertz CT molecular complexity index is 1770. The van der Waals surface area contributed by atoms with Crippen LogP contribution in [0.5, 0.6) is 0 Å². The van der Waals surface area contributed by atoms with Crippen LogP contribution in [0.1, 0.15) is 67.0 Å². The third kappa shape index (κ3) is 5.65. The van der Waals surface area contributed by atoms with Gasteiger partial charge in [-0.15, -0.1) is 19.6 Å². The summed E-state index contributed by atoms with van der Waals surface area (Å²) < 4.78 is 80.3. The van der Waals surface area contributed by atoms with Crippen LogP contribution in [-0.4, -0.2) is 65.7 Å². The minimum absolute atomic E-state index is 0.0199. The summed E-state index contributed by atoms with van der Waals surface area (Å²) in [6.07, 6.45) is 2.77. The molecule has 1 aromatic heterocycles. The molecule has 1 saturated heterocycles. The largest absolute Gasteiger partial charge is 0.448 e. The monoisotopic (exact) mass is 718 g/mol. The highest BCUT2D eigenvalue weighted by Gasteiger charge is 2.65. The van der Waals surface area contributed by atoms with E-state index < -0.39 is 43.7 Å². The van der Waals surface area contributed by atoms with Gasteiger partial charge in [-0.25, -0.2) is 31.7 Å². The number of hydrogen-bond acceptors (Lipinski definition) is 4. The van der Waals surface area contributed by atoms with E-state index in [4.69, 9.17) is 4.74 Å². The van der Waals surface area contributed by atoms with Crippen LogP contribution < -0.4 is 0 Å². The maximum atomic E-state index is 14.9. The second-order valence-electron chi connectivity index (χ2n) is 14.9. The van der Waals surface area contributed by atoms with Crippen LogP contribution in [0.15, 0.2) is 77.8 Å². The van der Waals surface area contributed by atoms with Crippen LogP contribution in [0.25, 0.3) is 21.7 Å². The lowest BCUT2D eigenvalue weighted by atomic mass is 9.86. The summed E-state index contributed by atoms with van der Waals surface area (Å²) in [6, 6.07) is 12.1. The Kier molecular flexibility index (Phi) is 9.18. The molecule has 2 aliphatic rings. The van der Waals surface area contributed by atoms with E-state index >= 15 is 0 Å². The molecule has 3 aromatic carbocycles. The molecule has 1 aliphatic carbocycles. The molecule has 1 amide bonds. The number of carbonyl (C=O) groups is 1. The number of ether oxygens (including phenoxy) is 1. The van der Waals surface area contributed by atoms with E-state index in [0.717, 1.165) is 16.0 Å². The molecule has 0 atom stereocenters. The van der Waals surface area contributed by atoms with Gasteiger partial charge >= 0.3 is 6.09 Å². The van der Waals surface area contributed by atoms with Crippen LogP contribution >= 0.6 is 19.6 Å². The van der Waals surface area contributed by atoms with Crippen LogP contribution in [0.2, 0.25) is 0 Å². The predicted octanol–water partition coefficient (Wildman–Crippen LogP) is 11.1. The molecule has 1 fully saturated rings. The van der Waals surface area contributed by atoms with Crippen molar-refractivity contribution in [1.29, 1.82) is 0 Å². The number of fused-ring (bicyclic) bond motifs is 3. The minimum atomic E-state index is -5.88. The van der Waals surface area contributed by atoms with E-state index in [1.54, 1.807) is 17.2 Å². The Hall–Kier alpha value is -3.44. The minimum Gasteiger partial charge on any atom is -0.448 e. The average molecular weight is 719 g/mol. The standard InChI is InChI=1S/C38H43F5N2O2S2/c1-38(2,3)28-16-27(17-29(18-28)49(21-39,22-40,23-41,24-42)25-43)36-44-19-35(48-36)26-12-14-45(15-13-26)37(46)47-20-34-32-10-6-4-8-30(32)31-9-5-7-11-33(31)34/h4-11,16-19,26,34H,12-15,20-25H2,1-3H3. The van der Waals surface area contributed by atoms with Crippen molar-refractivity contribution < 1.29 is 31.5 Å². The van der Waals surface area contributed by atoms with Gasteiger partial charge < -0.3 is 9.64 Å². The number of alkyl halides is 5. The first kappa shape index (κ1) is 35.4. The lowest BCUT2D eigenvalue weighted by Gasteiger charge is -2.69. The summed E-state index contributed by atoms with van der Waals surface area (Å²) in [5, 5.41) is 0.514. The Labute approximate surface area is 288 Å². The second-order valence-corrected chi connectivity index (χ2v) is 23.1. The summed E-state index contributed by atoms with van der Waals surface area (Å²) in [5.41, 5.74) is 5.11. The smallest absolute Gasteiger partial charge is 0.409 e. The zero-order chi connectivity index (χ0) is 35.1. The van der Waals surface area contributed by atoms with E-state index in [0.29, 0.717) is 42.1 Å². The van der Waals surface area contributed by atoms with Gasteiger partial charge in [-0.3, -0.25) is 0 Å². The maximum absolute atomic E-state index is 14.9. The second kappa shape index (κ2) is 12.7. The number of piperidine rings is 1. The maximum Gasteiger partial charge on any atom is 0.409 e. The highest BCUT2D eigenvalue weighted by molar-refractivity contribution is 8.64. The van der Waals surface area contributed by atoms with Crippen molar-refractivity contribution in [3.63, 3.8) is 0 Å². The summed E-state index contributed by atoms with van der Waals surface area (Å²) in [7, 11) is -5.88. The van der Waals surface area contributed by atoms with Crippen LogP contribution in [-0.2, 0) is 10.2 Å². The normalized spacial score (nSPS) is 16.9. The molecule has 264 valence electrons. The van der Waals surface area contributed by atoms with Crippen molar-refractivity contribution in [1.82, 2.24) is 9.88 Å². The summed E-state index contributed by atoms with van der Waals surface area (Å²) in [4.78, 5) is 20.2. The Balaban J connectivity index is 1.18. The van der Waals surface area contributed by atoms with Gasteiger partial charge in [-0.05, 0) is 75.1 Å². The predicted molar refractivity (Wildman–Crippen MR) is 191 cm³/mol. The zero-order valence-electron chi connectivity index (χ0n) is 28.1. The Morgan fingerprint density at radius 3 is 1.94 bits per heavy atom. The van der Waals surface area contributed by atoms with Gasteiger partial charge in [0.2, 0.25) is 0 Å². The third-order valence-electron chi connectivity index (χ3n) is 10.7. The van der Waals surface area contributed by atoms with E-state index in [1.165, 1.54) is 34.6 Å². The molecular formula is C38H43F5N2O2S2. The van der Waals surface area contributed by atoms with Gasteiger partial charge in [-0.2, -0.15) is 0 Å². The molecule has 0 N–H and O–H groups in total. The van der Waals surface area contributed by atoms with Crippen LogP contribution in [0, 0.1) is 0 Å². The first-order chi connectivity index (χ1) is 23.4. The Morgan fingerprint density at radius 1 is 0.857 bits per heavy atom. The molecule has 1 aliphatic heterocycles. The van der Waals surface area contributed by atoms with Crippen molar-refractivity contribution in [3.8, 4) is 21.7 Å². The number of hydrogen-bond donors (Lipinski definition) is 0. The molecule has 4 nitrogen and oxygen atoms in total. The fourth-order valence-electron chi connectivity index (χ4n) is 6.82. The van der Waals surface area contributed by atoms with Crippen molar-refractivity contribution >= 4 is 25.7 Å².